The molecule has 24 heavy (non-hydrogen) atoms. The minimum Gasteiger partial charge on any atom is -0.471 e. The van der Waals surface area contributed by atoms with Crippen molar-refractivity contribution < 1.29 is 14.3 Å². The van der Waals surface area contributed by atoms with Crippen LogP contribution in [-0.2, 0) is 4.74 Å². The first-order valence-electron chi connectivity index (χ1n) is 8.40. The predicted octanol–water partition coefficient (Wildman–Crippen LogP) is 2.07. The van der Waals surface area contributed by atoms with Crippen molar-refractivity contribution in [3.8, 4) is 5.88 Å². The van der Waals surface area contributed by atoms with Gasteiger partial charge < -0.3 is 19.3 Å². The van der Waals surface area contributed by atoms with Gasteiger partial charge in [-0.3, -0.25) is 4.79 Å². The number of ether oxygens (including phenoxy) is 2. The maximum Gasteiger partial charge on any atom is 0.255 e. The molecule has 0 N–H and O–H groups in total. The van der Waals surface area contributed by atoms with Crippen molar-refractivity contribution in [2.24, 2.45) is 0 Å². The van der Waals surface area contributed by atoms with Crippen LogP contribution in [0.2, 0.25) is 5.02 Å². The van der Waals surface area contributed by atoms with E-state index in [0.29, 0.717) is 35.7 Å². The summed E-state index contributed by atoms with van der Waals surface area (Å²) in [5.41, 5.74) is 0.512. The Hall–Kier alpha value is -1.37. The summed E-state index contributed by atoms with van der Waals surface area (Å²) in [5, 5.41) is 0.371. The second-order valence-corrected chi connectivity index (χ2v) is 7.01. The summed E-state index contributed by atoms with van der Waals surface area (Å²) in [7, 11) is 4.17. The summed E-state index contributed by atoms with van der Waals surface area (Å²) in [6.45, 7) is 2.77. The molecule has 2 aliphatic heterocycles. The lowest BCUT2D eigenvalue weighted by atomic mass is 10.0. The molecule has 0 aliphatic carbocycles. The average molecular weight is 354 g/mol. The van der Waals surface area contributed by atoms with Crippen molar-refractivity contribution in [1.29, 1.82) is 0 Å². The summed E-state index contributed by atoms with van der Waals surface area (Å²) in [6.07, 6.45) is 4.35. The third-order valence-corrected chi connectivity index (χ3v) is 4.97. The number of aromatic nitrogens is 1. The van der Waals surface area contributed by atoms with Crippen molar-refractivity contribution in [1.82, 2.24) is 14.8 Å². The molecule has 1 unspecified atom stereocenters. The number of carbonyl (C=O) groups excluding carboxylic acids is 1. The fourth-order valence-electron chi connectivity index (χ4n) is 3.16. The molecule has 0 spiro atoms. The van der Waals surface area contributed by atoms with Crippen LogP contribution >= 0.6 is 11.6 Å². The molecule has 1 amide bonds. The Kier molecular flexibility index (Phi) is 5.58. The number of hydrogen-bond donors (Lipinski definition) is 0. The Morgan fingerprint density at radius 3 is 2.71 bits per heavy atom. The number of nitrogens with zero attached hydrogens (tertiary/aromatic N) is 3. The van der Waals surface area contributed by atoms with Crippen molar-refractivity contribution in [2.75, 3.05) is 40.4 Å². The van der Waals surface area contributed by atoms with Gasteiger partial charge in [0.05, 0.1) is 18.8 Å². The Morgan fingerprint density at radius 1 is 1.38 bits per heavy atom. The van der Waals surface area contributed by atoms with Crippen LogP contribution in [0.25, 0.3) is 0 Å². The highest BCUT2D eigenvalue weighted by molar-refractivity contribution is 6.32. The van der Waals surface area contributed by atoms with E-state index < -0.39 is 0 Å². The number of halogens is 1. The van der Waals surface area contributed by atoms with Gasteiger partial charge in [0.1, 0.15) is 11.1 Å². The van der Waals surface area contributed by atoms with Crippen molar-refractivity contribution in [3.63, 3.8) is 0 Å². The Bertz CT molecular complexity index is 582. The summed E-state index contributed by atoms with van der Waals surface area (Å²) in [6, 6.07) is 2.19. The van der Waals surface area contributed by atoms with E-state index in [1.54, 1.807) is 12.3 Å². The molecule has 1 aromatic rings. The molecule has 7 heteroatoms. The maximum absolute atomic E-state index is 12.6. The molecule has 0 bridgehead atoms. The van der Waals surface area contributed by atoms with Gasteiger partial charge in [0, 0.05) is 31.7 Å². The quantitative estimate of drug-likeness (QED) is 0.829. The molecule has 3 rings (SSSR count). The minimum absolute atomic E-state index is 0.0124. The molecule has 2 saturated heterocycles. The van der Waals surface area contributed by atoms with Gasteiger partial charge in [-0.05, 0) is 33.0 Å². The molecule has 1 atom stereocenters. The van der Waals surface area contributed by atoms with E-state index in [0.717, 1.165) is 32.4 Å². The first-order valence-corrected chi connectivity index (χ1v) is 8.78. The van der Waals surface area contributed by atoms with Gasteiger partial charge in [0.25, 0.3) is 5.91 Å². The molecule has 0 radical (unpaired) electrons. The van der Waals surface area contributed by atoms with E-state index in [2.05, 4.69) is 24.0 Å². The van der Waals surface area contributed by atoms with Gasteiger partial charge in [0.15, 0.2) is 0 Å². The highest BCUT2D eigenvalue weighted by Gasteiger charge is 2.26. The molecule has 6 nitrogen and oxygen atoms in total. The molecule has 0 saturated carbocycles. The van der Waals surface area contributed by atoms with E-state index in [9.17, 15) is 4.79 Å². The van der Waals surface area contributed by atoms with Gasteiger partial charge in [-0.25, -0.2) is 4.98 Å². The second kappa shape index (κ2) is 7.68. The maximum atomic E-state index is 12.6. The summed E-state index contributed by atoms with van der Waals surface area (Å²) in [4.78, 5) is 21.0. The van der Waals surface area contributed by atoms with Crippen LogP contribution in [0.5, 0.6) is 5.88 Å². The van der Waals surface area contributed by atoms with Gasteiger partial charge in [0.2, 0.25) is 5.88 Å². The number of hydrogen-bond acceptors (Lipinski definition) is 5. The lowest BCUT2D eigenvalue weighted by Crippen LogP contribution is -2.44. The van der Waals surface area contributed by atoms with E-state index in [4.69, 9.17) is 21.1 Å². The first-order chi connectivity index (χ1) is 11.5. The Morgan fingerprint density at radius 2 is 2.12 bits per heavy atom. The number of likely N-dealkylation sites (tertiary alicyclic amines) is 1. The zero-order valence-electron chi connectivity index (χ0n) is 14.2. The van der Waals surface area contributed by atoms with Crippen molar-refractivity contribution in [2.45, 2.75) is 31.4 Å². The predicted molar refractivity (Wildman–Crippen MR) is 91.7 cm³/mol. The van der Waals surface area contributed by atoms with Crippen LogP contribution in [-0.4, -0.2) is 73.2 Å². The van der Waals surface area contributed by atoms with Crippen LogP contribution in [0.3, 0.4) is 0 Å². The number of carbonyl (C=O) groups is 1. The summed E-state index contributed by atoms with van der Waals surface area (Å²) < 4.78 is 11.0. The van der Waals surface area contributed by atoms with E-state index in [1.165, 1.54) is 0 Å². The molecule has 0 aromatic carbocycles. The minimum atomic E-state index is -0.0163. The number of pyridine rings is 1. The lowest BCUT2D eigenvalue weighted by molar-refractivity contribution is 0.0662. The zero-order chi connectivity index (χ0) is 17.1. The van der Waals surface area contributed by atoms with Crippen molar-refractivity contribution >= 4 is 17.5 Å². The highest BCUT2D eigenvalue weighted by Crippen LogP contribution is 2.26. The fraction of sp³-hybridized carbons (Fsp3) is 0.647. The van der Waals surface area contributed by atoms with Crippen LogP contribution in [0, 0.1) is 0 Å². The third kappa shape index (κ3) is 3.99. The topological polar surface area (TPSA) is 54.9 Å². The smallest absolute Gasteiger partial charge is 0.255 e. The number of rotatable bonds is 4. The van der Waals surface area contributed by atoms with Gasteiger partial charge >= 0.3 is 0 Å². The Labute approximate surface area is 147 Å². The zero-order valence-corrected chi connectivity index (χ0v) is 15.0. The number of piperidine rings is 1. The standard InChI is InChI=1S/C17H24ClN3O3/c1-20(2)13-3-6-21(7-4-13)17(22)12-9-15(18)16(19-10-12)24-14-5-8-23-11-14/h9-10,13-14H,3-8,11H2,1-2H3. The normalized spacial score (nSPS) is 22.2. The molecule has 3 heterocycles. The van der Waals surface area contributed by atoms with Crippen LogP contribution in [0.15, 0.2) is 12.3 Å². The Balaban J connectivity index is 1.62. The largest absolute Gasteiger partial charge is 0.471 e. The average Bonchev–Trinajstić information content (AvgIpc) is 3.09. The van der Waals surface area contributed by atoms with Crippen molar-refractivity contribution in [3.05, 3.63) is 22.8 Å². The highest BCUT2D eigenvalue weighted by atomic mass is 35.5. The summed E-state index contributed by atoms with van der Waals surface area (Å²) >= 11 is 6.25. The first kappa shape index (κ1) is 17.5. The van der Waals surface area contributed by atoms with Gasteiger partial charge in [-0.1, -0.05) is 11.6 Å². The number of amides is 1. The lowest BCUT2D eigenvalue weighted by Gasteiger charge is -2.35. The van der Waals surface area contributed by atoms with Crippen LogP contribution in [0.4, 0.5) is 0 Å². The van der Waals surface area contributed by atoms with Crippen LogP contribution in [0.1, 0.15) is 29.6 Å². The molecule has 1 aromatic heterocycles. The molecule has 2 aliphatic rings. The monoisotopic (exact) mass is 353 g/mol. The fourth-order valence-corrected chi connectivity index (χ4v) is 3.37. The molecule has 132 valence electrons. The second-order valence-electron chi connectivity index (χ2n) is 6.60. The third-order valence-electron chi connectivity index (χ3n) is 4.70. The molecular weight excluding hydrogens is 330 g/mol. The molecular formula is C17H24ClN3O3. The van der Waals surface area contributed by atoms with E-state index in [-0.39, 0.29) is 12.0 Å². The van der Waals surface area contributed by atoms with Gasteiger partial charge in [-0.2, -0.15) is 0 Å². The van der Waals surface area contributed by atoms with Crippen LogP contribution < -0.4 is 4.74 Å². The summed E-state index contributed by atoms with van der Waals surface area (Å²) in [5.74, 6) is 0.354. The van der Waals surface area contributed by atoms with E-state index >= 15 is 0 Å². The SMILES string of the molecule is CN(C)C1CCN(C(=O)c2cnc(OC3CCOC3)c(Cl)c2)CC1. The van der Waals surface area contributed by atoms with Gasteiger partial charge in [-0.15, -0.1) is 0 Å². The molecule has 2 fully saturated rings. The van der Waals surface area contributed by atoms with E-state index in [1.807, 2.05) is 4.90 Å².